The van der Waals surface area contributed by atoms with Crippen molar-refractivity contribution in [1.82, 2.24) is 4.57 Å². The van der Waals surface area contributed by atoms with Gasteiger partial charge in [-0.15, -0.1) is 0 Å². The van der Waals surface area contributed by atoms with Crippen molar-refractivity contribution in [2.45, 2.75) is 13.0 Å². The number of carbonyl (C=O) groups excluding carboxylic acids is 2. The Morgan fingerprint density at radius 1 is 1.24 bits per heavy atom. The van der Waals surface area contributed by atoms with E-state index in [-0.39, 0.29) is 29.3 Å². The van der Waals surface area contributed by atoms with Gasteiger partial charge >= 0.3 is 5.97 Å². The maximum Gasteiger partial charge on any atom is 0.337 e. The molecule has 1 aromatic carbocycles. The molecule has 1 amide bonds. The van der Waals surface area contributed by atoms with Gasteiger partial charge in [-0.3, -0.25) is 9.59 Å². The molecular weight excluding hydrogens is 328 g/mol. The Bertz CT molecular complexity index is 796. The highest BCUT2D eigenvalue weighted by atomic mass is 16.5. The Hall–Kier alpha value is -3.29. The predicted octanol–water partition coefficient (Wildman–Crippen LogP) is 2.04. The largest absolute Gasteiger partial charge is 0.493 e. The molecule has 25 heavy (non-hydrogen) atoms. The first-order valence-electron chi connectivity index (χ1n) is 7.39. The van der Waals surface area contributed by atoms with Crippen LogP contribution in [-0.2, 0) is 11.3 Å². The van der Waals surface area contributed by atoms with Crippen LogP contribution in [0.15, 0.2) is 30.5 Å². The van der Waals surface area contributed by atoms with Gasteiger partial charge in [0.15, 0.2) is 17.8 Å². The lowest BCUT2D eigenvalue weighted by atomic mass is 10.1. The smallest absolute Gasteiger partial charge is 0.337 e. The third-order valence-electron chi connectivity index (χ3n) is 3.59. The van der Waals surface area contributed by atoms with Crippen LogP contribution in [0.1, 0.15) is 27.3 Å². The van der Waals surface area contributed by atoms with Crippen molar-refractivity contribution in [2.24, 2.45) is 0 Å². The first-order chi connectivity index (χ1) is 12.0. The zero-order chi connectivity index (χ0) is 18.4. The summed E-state index contributed by atoms with van der Waals surface area (Å²) in [6.07, 6.45) is 2.47. The van der Waals surface area contributed by atoms with E-state index in [1.165, 1.54) is 26.4 Å². The maximum atomic E-state index is 12.2. The quantitative estimate of drug-likeness (QED) is 0.709. The molecule has 0 aliphatic carbocycles. The topological polar surface area (TPSA) is 107 Å². The molecule has 8 nitrogen and oxygen atoms in total. The molecule has 0 aliphatic rings. The summed E-state index contributed by atoms with van der Waals surface area (Å²) >= 11 is 0. The second kappa shape index (κ2) is 8.00. The minimum atomic E-state index is -1.20. The van der Waals surface area contributed by atoms with Crippen LogP contribution in [0.25, 0.3) is 0 Å². The Balaban J connectivity index is 2.16. The van der Waals surface area contributed by atoms with E-state index in [1.807, 2.05) is 0 Å². The Labute approximate surface area is 144 Å². The van der Waals surface area contributed by atoms with Crippen LogP contribution in [0.4, 0.5) is 5.69 Å². The van der Waals surface area contributed by atoms with Crippen molar-refractivity contribution >= 4 is 23.9 Å². The summed E-state index contributed by atoms with van der Waals surface area (Å²) in [5, 5.41) is 11.9. The van der Waals surface area contributed by atoms with Gasteiger partial charge in [0.1, 0.15) is 0 Å². The summed E-state index contributed by atoms with van der Waals surface area (Å²) < 4.78 is 11.8. The number of ether oxygens (including phenoxy) is 2. The summed E-state index contributed by atoms with van der Waals surface area (Å²) in [5.74, 6) is -1.04. The zero-order valence-corrected chi connectivity index (χ0v) is 13.8. The van der Waals surface area contributed by atoms with Crippen molar-refractivity contribution in [1.29, 1.82) is 0 Å². The number of aromatic nitrogens is 1. The molecule has 0 aliphatic heterocycles. The molecule has 0 bridgehead atoms. The SMILES string of the molecule is COc1cc(NC(=O)CCn2cccc2C=O)c(C(=O)O)cc1OC. The van der Waals surface area contributed by atoms with E-state index in [4.69, 9.17) is 9.47 Å². The summed E-state index contributed by atoms with van der Waals surface area (Å²) in [6.45, 7) is 0.294. The van der Waals surface area contributed by atoms with Crippen LogP contribution in [-0.4, -0.2) is 42.1 Å². The monoisotopic (exact) mass is 346 g/mol. The van der Waals surface area contributed by atoms with E-state index in [2.05, 4.69) is 5.32 Å². The molecule has 8 heteroatoms. The number of hydrogen-bond donors (Lipinski definition) is 2. The highest BCUT2D eigenvalue weighted by molar-refractivity contribution is 6.01. The molecule has 0 saturated heterocycles. The summed E-state index contributed by atoms with van der Waals surface area (Å²) in [7, 11) is 2.81. The molecule has 0 atom stereocenters. The number of aryl methyl sites for hydroxylation is 1. The van der Waals surface area contributed by atoms with Gasteiger partial charge in [0, 0.05) is 31.3 Å². The van der Waals surface area contributed by atoms with Crippen LogP contribution >= 0.6 is 0 Å². The van der Waals surface area contributed by atoms with Gasteiger partial charge in [-0.2, -0.15) is 0 Å². The maximum absolute atomic E-state index is 12.2. The lowest BCUT2D eigenvalue weighted by molar-refractivity contribution is -0.116. The first-order valence-corrected chi connectivity index (χ1v) is 7.39. The van der Waals surface area contributed by atoms with E-state index in [0.717, 1.165) is 0 Å². The minimum Gasteiger partial charge on any atom is -0.493 e. The number of rotatable bonds is 8. The van der Waals surface area contributed by atoms with Gasteiger partial charge in [0.25, 0.3) is 0 Å². The molecule has 132 valence electrons. The highest BCUT2D eigenvalue weighted by Crippen LogP contribution is 2.33. The Morgan fingerprint density at radius 3 is 2.52 bits per heavy atom. The fourth-order valence-corrected chi connectivity index (χ4v) is 2.33. The number of nitrogens with one attached hydrogen (secondary N) is 1. The van der Waals surface area contributed by atoms with Crippen molar-refractivity contribution in [2.75, 3.05) is 19.5 Å². The van der Waals surface area contributed by atoms with Crippen molar-refractivity contribution in [3.8, 4) is 11.5 Å². The molecule has 0 fully saturated rings. The van der Waals surface area contributed by atoms with E-state index in [0.29, 0.717) is 24.3 Å². The lowest BCUT2D eigenvalue weighted by Gasteiger charge is -2.14. The number of hydrogen-bond acceptors (Lipinski definition) is 5. The van der Waals surface area contributed by atoms with Crippen molar-refractivity contribution < 1.29 is 29.0 Å². The lowest BCUT2D eigenvalue weighted by Crippen LogP contribution is -2.17. The second-order valence-corrected chi connectivity index (χ2v) is 5.10. The number of carboxylic acid groups (broad SMARTS) is 1. The van der Waals surface area contributed by atoms with Gasteiger partial charge < -0.3 is 24.5 Å². The van der Waals surface area contributed by atoms with E-state index in [1.54, 1.807) is 22.9 Å². The summed E-state index contributed by atoms with van der Waals surface area (Å²) in [5.41, 5.74) is 0.462. The first kappa shape index (κ1) is 18.1. The zero-order valence-electron chi connectivity index (χ0n) is 13.8. The number of carbonyl (C=O) groups is 3. The molecule has 0 radical (unpaired) electrons. The van der Waals surface area contributed by atoms with Gasteiger partial charge in [-0.1, -0.05) is 0 Å². The number of benzene rings is 1. The fraction of sp³-hybridized carbons (Fsp3) is 0.235. The standard InChI is InChI=1S/C17H18N2O6/c1-24-14-8-12(17(22)23)13(9-15(14)25-2)18-16(21)5-7-19-6-3-4-11(19)10-20/h3-4,6,8-10H,5,7H2,1-2H3,(H,18,21)(H,22,23). The third kappa shape index (κ3) is 4.17. The number of aromatic carboxylic acids is 1. The molecule has 0 spiro atoms. The Morgan fingerprint density at radius 2 is 1.92 bits per heavy atom. The molecule has 2 N–H and O–H groups in total. The molecule has 1 aromatic heterocycles. The molecule has 2 aromatic rings. The normalized spacial score (nSPS) is 10.2. The number of amides is 1. The third-order valence-corrected chi connectivity index (χ3v) is 3.59. The number of aldehydes is 1. The van der Waals surface area contributed by atoms with Gasteiger partial charge in [0.2, 0.25) is 5.91 Å². The van der Waals surface area contributed by atoms with E-state index < -0.39 is 5.97 Å². The summed E-state index contributed by atoms with van der Waals surface area (Å²) in [6, 6.07) is 6.03. The number of anilines is 1. The van der Waals surface area contributed by atoms with Crippen LogP contribution < -0.4 is 14.8 Å². The number of methoxy groups -OCH3 is 2. The van der Waals surface area contributed by atoms with Gasteiger partial charge in [-0.25, -0.2) is 4.79 Å². The predicted molar refractivity (Wildman–Crippen MR) is 89.6 cm³/mol. The molecule has 0 unspecified atom stereocenters. The van der Waals surface area contributed by atoms with Crippen molar-refractivity contribution in [3.63, 3.8) is 0 Å². The minimum absolute atomic E-state index is 0.0723. The average Bonchev–Trinajstić information content (AvgIpc) is 3.06. The molecule has 2 rings (SSSR count). The summed E-state index contributed by atoms with van der Waals surface area (Å²) in [4.78, 5) is 34.4. The molecule has 1 heterocycles. The Kier molecular flexibility index (Phi) is 5.78. The van der Waals surface area contributed by atoms with Gasteiger partial charge in [-0.05, 0) is 12.1 Å². The van der Waals surface area contributed by atoms with E-state index >= 15 is 0 Å². The van der Waals surface area contributed by atoms with Crippen LogP contribution in [0.2, 0.25) is 0 Å². The van der Waals surface area contributed by atoms with Crippen LogP contribution in [0.5, 0.6) is 11.5 Å². The average molecular weight is 346 g/mol. The number of nitrogens with zero attached hydrogens (tertiary/aromatic N) is 1. The number of carboxylic acids is 1. The van der Waals surface area contributed by atoms with Crippen molar-refractivity contribution in [3.05, 3.63) is 41.7 Å². The fourth-order valence-electron chi connectivity index (χ4n) is 2.33. The molecule has 0 saturated carbocycles. The van der Waals surface area contributed by atoms with Gasteiger partial charge in [0.05, 0.1) is 31.2 Å². The highest BCUT2D eigenvalue weighted by Gasteiger charge is 2.18. The van der Waals surface area contributed by atoms with E-state index in [9.17, 15) is 19.5 Å². The van der Waals surface area contributed by atoms with Crippen LogP contribution in [0.3, 0.4) is 0 Å². The molecular formula is C17H18N2O6. The van der Waals surface area contributed by atoms with Crippen LogP contribution in [0, 0.1) is 0 Å². The second-order valence-electron chi connectivity index (χ2n) is 5.10.